The first-order valence-electron chi connectivity index (χ1n) is 8.62. The minimum absolute atomic E-state index is 0. The van der Waals surface area contributed by atoms with Gasteiger partial charge in [-0.2, -0.15) is 0 Å². The molecule has 0 aliphatic heterocycles. The van der Waals surface area contributed by atoms with E-state index < -0.39 is 0 Å². The van der Waals surface area contributed by atoms with Crippen LogP contribution in [0.5, 0.6) is 11.5 Å². The van der Waals surface area contributed by atoms with Gasteiger partial charge in [0.1, 0.15) is 0 Å². The fourth-order valence-corrected chi connectivity index (χ4v) is 2.38. The van der Waals surface area contributed by atoms with E-state index in [2.05, 4.69) is 34.7 Å². The smallest absolute Gasteiger partial charge is 0.191 e. The van der Waals surface area contributed by atoms with Crippen molar-refractivity contribution in [3.05, 3.63) is 59.7 Å². The molecule has 0 saturated heterocycles. The van der Waals surface area contributed by atoms with Gasteiger partial charge in [-0.1, -0.05) is 36.4 Å². The molecule has 0 fully saturated rings. The largest absolute Gasteiger partial charge is 0.493 e. The molecule has 0 atom stereocenters. The summed E-state index contributed by atoms with van der Waals surface area (Å²) < 4.78 is 10.9. The lowest BCUT2D eigenvalue weighted by Gasteiger charge is -2.12. The van der Waals surface area contributed by atoms with E-state index in [0.29, 0.717) is 13.2 Å². The molecule has 0 amide bonds. The molecule has 142 valence electrons. The van der Waals surface area contributed by atoms with E-state index in [1.54, 1.807) is 7.11 Å². The molecule has 2 aromatic rings. The van der Waals surface area contributed by atoms with E-state index in [1.165, 1.54) is 5.56 Å². The summed E-state index contributed by atoms with van der Waals surface area (Å²) in [6.07, 6.45) is 0. The van der Waals surface area contributed by atoms with Crippen LogP contribution in [0.25, 0.3) is 0 Å². The van der Waals surface area contributed by atoms with Crippen molar-refractivity contribution in [3.63, 3.8) is 0 Å². The van der Waals surface area contributed by atoms with Gasteiger partial charge in [-0.3, -0.25) is 0 Å². The number of halogens is 1. The maximum Gasteiger partial charge on any atom is 0.191 e. The zero-order valence-electron chi connectivity index (χ0n) is 15.6. The highest BCUT2D eigenvalue weighted by atomic mass is 127. The molecule has 0 aromatic heterocycles. The van der Waals surface area contributed by atoms with Gasteiger partial charge in [-0.25, -0.2) is 4.99 Å². The lowest BCUT2D eigenvalue weighted by molar-refractivity contribution is 0.310. The first kappa shape index (κ1) is 22.1. The fourth-order valence-electron chi connectivity index (χ4n) is 2.38. The van der Waals surface area contributed by atoms with Gasteiger partial charge in [-0.05, 0) is 37.1 Å². The Kier molecular flexibility index (Phi) is 10.5. The number of ether oxygens (including phenoxy) is 2. The quantitative estimate of drug-likeness (QED) is 0.349. The Balaban J connectivity index is 0.00000338. The standard InChI is InChI=1S/C20H27N3O2.HI/c1-4-21-20(22-14-16-9-7-6-8-10-16)23-15-17-11-12-18(25-5-2)19(13-17)24-3;/h6-13H,4-5,14-15H2,1-3H3,(H2,21,22,23);1H. The maximum absolute atomic E-state index is 5.55. The van der Waals surface area contributed by atoms with E-state index in [9.17, 15) is 0 Å². The summed E-state index contributed by atoms with van der Waals surface area (Å²) in [5.74, 6) is 2.28. The lowest BCUT2D eigenvalue weighted by Crippen LogP contribution is -2.36. The van der Waals surface area contributed by atoms with Crippen LogP contribution in [0, 0.1) is 0 Å². The molecule has 0 radical (unpaired) electrons. The SMILES string of the molecule is CCNC(=NCc1ccc(OCC)c(OC)c1)NCc1ccccc1.I. The molecule has 0 unspecified atom stereocenters. The summed E-state index contributed by atoms with van der Waals surface area (Å²) in [6.45, 7) is 6.74. The van der Waals surface area contributed by atoms with E-state index in [1.807, 2.05) is 43.3 Å². The minimum atomic E-state index is 0. The second-order valence-corrected chi connectivity index (χ2v) is 5.45. The molecule has 0 spiro atoms. The number of hydrogen-bond donors (Lipinski definition) is 2. The number of nitrogens with zero attached hydrogens (tertiary/aromatic N) is 1. The Bertz CT molecular complexity index is 678. The van der Waals surface area contributed by atoms with Crippen LogP contribution in [0.4, 0.5) is 0 Å². The van der Waals surface area contributed by atoms with Crippen molar-refractivity contribution in [2.45, 2.75) is 26.9 Å². The lowest BCUT2D eigenvalue weighted by atomic mass is 10.2. The van der Waals surface area contributed by atoms with Crippen LogP contribution in [0.3, 0.4) is 0 Å². The Hall–Kier alpha value is -1.96. The van der Waals surface area contributed by atoms with Crippen LogP contribution in [0.1, 0.15) is 25.0 Å². The Labute approximate surface area is 173 Å². The second kappa shape index (κ2) is 12.4. The van der Waals surface area contributed by atoms with Gasteiger partial charge in [0.2, 0.25) is 0 Å². The number of benzene rings is 2. The molecule has 0 bridgehead atoms. The molecule has 26 heavy (non-hydrogen) atoms. The molecule has 0 aliphatic carbocycles. The number of guanidine groups is 1. The average molecular weight is 469 g/mol. The molecular formula is C20H28IN3O2. The fraction of sp³-hybridized carbons (Fsp3) is 0.350. The van der Waals surface area contributed by atoms with Gasteiger partial charge >= 0.3 is 0 Å². The van der Waals surface area contributed by atoms with Crippen molar-refractivity contribution >= 4 is 29.9 Å². The van der Waals surface area contributed by atoms with E-state index in [0.717, 1.165) is 36.1 Å². The molecule has 5 nitrogen and oxygen atoms in total. The first-order chi connectivity index (χ1) is 12.3. The van der Waals surface area contributed by atoms with Gasteiger partial charge in [0.05, 0.1) is 20.3 Å². The zero-order valence-corrected chi connectivity index (χ0v) is 17.9. The van der Waals surface area contributed by atoms with Gasteiger partial charge < -0.3 is 20.1 Å². The predicted octanol–water partition coefficient (Wildman–Crippen LogP) is 3.97. The number of hydrogen-bond acceptors (Lipinski definition) is 3. The van der Waals surface area contributed by atoms with Crippen LogP contribution in [-0.2, 0) is 13.1 Å². The number of nitrogens with one attached hydrogen (secondary N) is 2. The van der Waals surface area contributed by atoms with Gasteiger partial charge in [0.25, 0.3) is 0 Å². The average Bonchev–Trinajstić information content (AvgIpc) is 2.66. The van der Waals surface area contributed by atoms with E-state index in [-0.39, 0.29) is 24.0 Å². The van der Waals surface area contributed by atoms with Crippen molar-refractivity contribution in [1.82, 2.24) is 10.6 Å². The van der Waals surface area contributed by atoms with E-state index in [4.69, 9.17) is 9.47 Å². The summed E-state index contributed by atoms with van der Waals surface area (Å²) in [7, 11) is 1.65. The number of rotatable bonds is 8. The van der Waals surface area contributed by atoms with E-state index >= 15 is 0 Å². The minimum Gasteiger partial charge on any atom is -0.493 e. The van der Waals surface area contributed by atoms with Crippen molar-refractivity contribution in [2.24, 2.45) is 4.99 Å². The van der Waals surface area contributed by atoms with Crippen molar-refractivity contribution in [3.8, 4) is 11.5 Å². The van der Waals surface area contributed by atoms with Crippen LogP contribution in [-0.4, -0.2) is 26.2 Å². The molecule has 0 aliphatic rings. The number of methoxy groups -OCH3 is 1. The highest BCUT2D eigenvalue weighted by molar-refractivity contribution is 14.0. The zero-order chi connectivity index (χ0) is 17.9. The molecular weight excluding hydrogens is 441 g/mol. The molecule has 2 N–H and O–H groups in total. The third-order valence-electron chi connectivity index (χ3n) is 3.59. The van der Waals surface area contributed by atoms with Crippen LogP contribution < -0.4 is 20.1 Å². The van der Waals surface area contributed by atoms with Crippen molar-refractivity contribution in [1.29, 1.82) is 0 Å². The highest BCUT2D eigenvalue weighted by Crippen LogP contribution is 2.28. The predicted molar refractivity (Wildman–Crippen MR) is 118 cm³/mol. The molecule has 0 heterocycles. The molecule has 0 saturated carbocycles. The Morgan fingerprint density at radius 3 is 2.38 bits per heavy atom. The second-order valence-electron chi connectivity index (χ2n) is 5.45. The van der Waals surface area contributed by atoms with Crippen LogP contribution in [0.15, 0.2) is 53.5 Å². The maximum atomic E-state index is 5.55. The number of aliphatic imine (C=N–C) groups is 1. The Morgan fingerprint density at radius 1 is 0.962 bits per heavy atom. The van der Waals surface area contributed by atoms with Gasteiger partial charge in [0, 0.05) is 13.1 Å². The van der Waals surface area contributed by atoms with Gasteiger partial charge in [0.15, 0.2) is 17.5 Å². The van der Waals surface area contributed by atoms with Crippen molar-refractivity contribution < 1.29 is 9.47 Å². The first-order valence-corrected chi connectivity index (χ1v) is 8.62. The van der Waals surface area contributed by atoms with Gasteiger partial charge in [-0.15, -0.1) is 24.0 Å². The summed E-state index contributed by atoms with van der Waals surface area (Å²) in [4.78, 5) is 4.65. The molecule has 6 heteroatoms. The third kappa shape index (κ3) is 7.11. The molecule has 2 rings (SSSR count). The normalized spacial score (nSPS) is 10.7. The topological polar surface area (TPSA) is 54.9 Å². The molecule has 2 aromatic carbocycles. The third-order valence-corrected chi connectivity index (χ3v) is 3.59. The summed E-state index contributed by atoms with van der Waals surface area (Å²) >= 11 is 0. The Morgan fingerprint density at radius 2 is 1.73 bits per heavy atom. The summed E-state index contributed by atoms with van der Waals surface area (Å²) in [5.41, 5.74) is 2.29. The van der Waals surface area contributed by atoms with Crippen LogP contribution in [0.2, 0.25) is 0 Å². The highest BCUT2D eigenvalue weighted by Gasteiger charge is 2.05. The van der Waals surface area contributed by atoms with Crippen molar-refractivity contribution in [2.75, 3.05) is 20.3 Å². The summed E-state index contributed by atoms with van der Waals surface area (Å²) in [6, 6.07) is 16.2. The summed E-state index contributed by atoms with van der Waals surface area (Å²) in [5, 5.41) is 6.62. The van der Waals surface area contributed by atoms with Crippen LogP contribution >= 0.6 is 24.0 Å². The monoisotopic (exact) mass is 469 g/mol.